The normalized spacial score (nSPS) is 11.5. The average Bonchev–Trinajstić information content (AvgIpc) is 2.36. The molecule has 1 aromatic carbocycles. The number of nitrogens with zero attached hydrogens (tertiary/aromatic N) is 1. The van der Waals surface area contributed by atoms with Gasteiger partial charge in [-0.15, -0.1) is 0 Å². The summed E-state index contributed by atoms with van der Waals surface area (Å²) in [6.45, 7) is 4.70. The number of ether oxygens (including phenoxy) is 2. The molecule has 106 valence electrons. The van der Waals surface area contributed by atoms with Gasteiger partial charge in [-0.2, -0.15) is 0 Å². The Hall–Kier alpha value is -1.66. The monoisotopic (exact) mass is 268 g/mol. The summed E-state index contributed by atoms with van der Waals surface area (Å²) in [7, 11) is 1.65. The van der Waals surface area contributed by atoms with E-state index in [1.54, 1.807) is 19.2 Å². The van der Waals surface area contributed by atoms with Gasteiger partial charge >= 0.3 is 0 Å². The minimum Gasteiger partial charge on any atom is -0.393 e. The predicted octanol–water partition coefficient (Wildman–Crippen LogP) is 2.51. The van der Waals surface area contributed by atoms with Crippen LogP contribution in [0.1, 0.15) is 25.8 Å². The molecule has 0 radical (unpaired) electrons. The van der Waals surface area contributed by atoms with E-state index < -0.39 is 4.92 Å². The number of anilines is 1. The summed E-state index contributed by atoms with van der Waals surface area (Å²) in [5, 5.41) is 10.7. The lowest BCUT2D eigenvalue weighted by Crippen LogP contribution is -2.24. The molecule has 1 rings (SSSR count). The Kier molecular flexibility index (Phi) is 5.26. The summed E-state index contributed by atoms with van der Waals surface area (Å²) in [5.74, 6) is 0. The fourth-order valence-electron chi connectivity index (χ4n) is 1.49. The Bertz CT molecular complexity index is 446. The van der Waals surface area contributed by atoms with Gasteiger partial charge < -0.3 is 15.2 Å². The van der Waals surface area contributed by atoms with Crippen LogP contribution >= 0.6 is 0 Å². The highest BCUT2D eigenvalue weighted by atomic mass is 16.6. The molecular formula is C13H20N2O4. The highest BCUT2D eigenvalue weighted by Crippen LogP contribution is 2.25. The number of methoxy groups -OCH3 is 1. The fourth-order valence-corrected chi connectivity index (χ4v) is 1.49. The van der Waals surface area contributed by atoms with Crippen LogP contribution in [0.2, 0.25) is 0 Å². The number of nitrogens with two attached hydrogens (primary N) is 1. The third kappa shape index (κ3) is 4.50. The minimum atomic E-state index is -0.493. The molecule has 0 unspecified atom stereocenters. The zero-order valence-electron chi connectivity index (χ0n) is 11.5. The first kappa shape index (κ1) is 15.4. The van der Waals surface area contributed by atoms with E-state index in [9.17, 15) is 10.1 Å². The molecule has 2 N–H and O–H groups in total. The van der Waals surface area contributed by atoms with Gasteiger partial charge in [-0.25, -0.2) is 0 Å². The molecule has 0 aromatic heterocycles. The maximum atomic E-state index is 10.7. The molecule has 0 fully saturated rings. The summed E-state index contributed by atoms with van der Waals surface area (Å²) in [6, 6.07) is 4.71. The molecule has 0 aliphatic rings. The first-order valence-electron chi connectivity index (χ1n) is 6.02. The van der Waals surface area contributed by atoms with Crippen molar-refractivity contribution in [3.63, 3.8) is 0 Å². The summed E-state index contributed by atoms with van der Waals surface area (Å²) in [4.78, 5) is 10.2. The molecule has 0 spiro atoms. The van der Waals surface area contributed by atoms with Crippen LogP contribution in [0, 0.1) is 10.1 Å². The summed E-state index contributed by atoms with van der Waals surface area (Å²) >= 11 is 0. The smallest absolute Gasteiger partial charge is 0.292 e. The largest absolute Gasteiger partial charge is 0.393 e. The van der Waals surface area contributed by atoms with Crippen LogP contribution in [0.5, 0.6) is 0 Å². The maximum absolute atomic E-state index is 10.7. The molecule has 0 aliphatic carbocycles. The number of rotatable bonds is 7. The Morgan fingerprint density at radius 1 is 1.42 bits per heavy atom. The van der Waals surface area contributed by atoms with Crippen LogP contribution in [-0.2, 0) is 16.1 Å². The lowest BCUT2D eigenvalue weighted by Gasteiger charge is -2.22. The molecule has 0 heterocycles. The molecule has 19 heavy (non-hydrogen) atoms. The Balaban J connectivity index is 2.55. The van der Waals surface area contributed by atoms with Crippen LogP contribution in [0.4, 0.5) is 11.4 Å². The number of hydrogen-bond acceptors (Lipinski definition) is 5. The highest BCUT2D eigenvalue weighted by molar-refractivity contribution is 5.62. The number of hydrogen-bond donors (Lipinski definition) is 1. The molecule has 0 saturated heterocycles. The standard InChI is InChI=1S/C13H20N2O4/c1-13(2,18-3)7-8-19-9-10-5-4-6-11(12(10)14)15(16)17/h4-6H,7-9,14H2,1-3H3. The first-order valence-corrected chi connectivity index (χ1v) is 6.02. The Morgan fingerprint density at radius 2 is 2.11 bits per heavy atom. The maximum Gasteiger partial charge on any atom is 0.292 e. The van der Waals surface area contributed by atoms with Gasteiger partial charge in [0.2, 0.25) is 0 Å². The van der Waals surface area contributed by atoms with E-state index in [0.717, 1.165) is 6.42 Å². The zero-order chi connectivity index (χ0) is 14.5. The van der Waals surface area contributed by atoms with Gasteiger partial charge in [0.05, 0.1) is 17.1 Å². The predicted molar refractivity (Wildman–Crippen MR) is 72.9 cm³/mol. The lowest BCUT2D eigenvalue weighted by molar-refractivity contribution is -0.384. The van der Waals surface area contributed by atoms with Gasteiger partial charge in [0.25, 0.3) is 5.69 Å². The number of nitro groups is 1. The van der Waals surface area contributed by atoms with Crippen molar-refractivity contribution in [2.45, 2.75) is 32.5 Å². The zero-order valence-corrected chi connectivity index (χ0v) is 11.5. The molecule has 0 bridgehead atoms. The number of para-hydroxylation sites is 1. The molecule has 0 atom stereocenters. The van der Waals surface area contributed by atoms with Crippen molar-refractivity contribution in [3.8, 4) is 0 Å². The molecule has 1 aromatic rings. The van der Waals surface area contributed by atoms with Crippen LogP contribution < -0.4 is 5.73 Å². The Labute approximate surface area is 112 Å². The quantitative estimate of drug-likeness (QED) is 0.355. The molecular weight excluding hydrogens is 248 g/mol. The average molecular weight is 268 g/mol. The van der Waals surface area contributed by atoms with Crippen molar-refractivity contribution < 1.29 is 14.4 Å². The second-order valence-corrected chi connectivity index (χ2v) is 4.87. The van der Waals surface area contributed by atoms with E-state index in [2.05, 4.69) is 0 Å². The third-order valence-electron chi connectivity index (χ3n) is 3.03. The second kappa shape index (κ2) is 6.49. The van der Waals surface area contributed by atoms with Gasteiger partial charge in [-0.3, -0.25) is 10.1 Å². The van der Waals surface area contributed by atoms with Crippen molar-refractivity contribution in [1.82, 2.24) is 0 Å². The van der Waals surface area contributed by atoms with E-state index in [4.69, 9.17) is 15.2 Å². The van der Waals surface area contributed by atoms with Crippen molar-refractivity contribution >= 4 is 11.4 Å². The number of nitrogen functional groups attached to an aromatic ring is 1. The lowest BCUT2D eigenvalue weighted by atomic mass is 10.1. The summed E-state index contributed by atoms with van der Waals surface area (Å²) in [5.41, 5.74) is 6.20. The van der Waals surface area contributed by atoms with E-state index in [0.29, 0.717) is 12.2 Å². The molecule has 0 aliphatic heterocycles. The van der Waals surface area contributed by atoms with E-state index in [1.807, 2.05) is 13.8 Å². The third-order valence-corrected chi connectivity index (χ3v) is 3.03. The topological polar surface area (TPSA) is 87.6 Å². The van der Waals surface area contributed by atoms with Crippen molar-refractivity contribution in [3.05, 3.63) is 33.9 Å². The summed E-state index contributed by atoms with van der Waals surface area (Å²) in [6.07, 6.45) is 0.734. The minimum absolute atomic E-state index is 0.0849. The van der Waals surface area contributed by atoms with Crippen molar-refractivity contribution in [2.75, 3.05) is 19.5 Å². The molecule has 6 heteroatoms. The van der Waals surface area contributed by atoms with Gasteiger partial charge in [0, 0.05) is 25.3 Å². The van der Waals surface area contributed by atoms with Gasteiger partial charge in [-0.1, -0.05) is 12.1 Å². The highest BCUT2D eigenvalue weighted by Gasteiger charge is 2.17. The van der Waals surface area contributed by atoms with E-state index in [1.165, 1.54) is 6.07 Å². The second-order valence-electron chi connectivity index (χ2n) is 4.87. The van der Waals surface area contributed by atoms with E-state index in [-0.39, 0.29) is 23.6 Å². The Morgan fingerprint density at radius 3 is 2.68 bits per heavy atom. The summed E-state index contributed by atoms with van der Waals surface area (Å²) < 4.78 is 10.8. The molecule has 0 saturated carbocycles. The molecule has 6 nitrogen and oxygen atoms in total. The van der Waals surface area contributed by atoms with Crippen LogP contribution in [0.15, 0.2) is 18.2 Å². The number of nitro benzene ring substituents is 1. The molecule has 0 amide bonds. The van der Waals surface area contributed by atoms with Crippen molar-refractivity contribution in [1.29, 1.82) is 0 Å². The van der Waals surface area contributed by atoms with Gasteiger partial charge in [0.15, 0.2) is 0 Å². The first-order chi connectivity index (χ1) is 8.87. The van der Waals surface area contributed by atoms with E-state index >= 15 is 0 Å². The number of benzene rings is 1. The van der Waals surface area contributed by atoms with Crippen LogP contribution in [0.3, 0.4) is 0 Å². The van der Waals surface area contributed by atoms with Gasteiger partial charge in [0.1, 0.15) is 5.69 Å². The SMILES string of the molecule is COC(C)(C)CCOCc1cccc([N+](=O)[O-])c1N. The van der Waals surface area contributed by atoms with Crippen LogP contribution in [0.25, 0.3) is 0 Å². The van der Waals surface area contributed by atoms with Gasteiger partial charge in [-0.05, 0) is 20.3 Å². The van der Waals surface area contributed by atoms with Crippen LogP contribution in [-0.4, -0.2) is 24.2 Å². The fraction of sp³-hybridized carbons (Fsp3) is 0.538. The van der Waals surface area contributed by atoms with Crippen molar-refractivity contribution in [2.24, 2.45) is 0 Å².